The first kappa shape index (κ1) is 21.3. The van der Waals surface area contributed by atoms with Gasteiger partial charge in [-0.2, -0.15) is 0 Å². The van der Waals surface area contributed by atoms with Gasteiger partial charge in [0.1, 0.15) is 0 Å². The average molecular weight is 480 g/mol. The molecule has 3 rings (SSSR count). The van der Waals surface area contributed by atoms with E-state index in [1.165, 1.54) is 10.6 Å². The Kier molecular flexibility index (Phi) is 6.00. The lowest BCUT2D eigenvalue weighted by Crippen LogP contribution is -2.34. The highest BCUT2D eigenvalue weighted by molar-refractivity contribution is 9.10. The van der Waals surface area contributed by atoms with Gasteiger partial charge in [0.2, 0.25) is 15.9 Å². The molecule has 7 nitrogen and oxygen atoms in total. The number of aryl methyl sites for hydroxylation is 1. The summed E-state index contributed by atoms with van der Waals surface area (Å²) in [6.07, 6.45) is 1.71. The summed E-state index contributed by atoms with van der Waals surface area (Å²) in [7, 11) is -3.38. The minimum absolute atomic E-state index is 0.169. The quantitative estimate of drug-likeness (QED) is 0.688. The van der Waals surface area contributed by atoms with E-state index in [0.29, 0.717) is 23.4 Å². The van der Waals surface area contributed by atoms with Crippen molar-refractivity contribution in [2.24, 2.45) is 0 Å². The number of sulfonamides is 1. The van der Waals surface area contributed by atoms with E-state index in [9.17, 15) is 18.0 Å². The zero-order valence-electron chi connectivity index (χ0n) is 16.3. The Hall–Kier alpha value is -2.39. The molecular formula is C20H22BrN3O4S. The average Bonchev–Trinajstić information content (AvgIpc) is 2.97. The van der Waals surface area contributed by atoms with E-state index in [1.807, 2.05) is 26.0 Å². The second-order valence-corrected chi connectivity index (χ2v) is 9.92. The highest BCUT2D eigenvalue weighted by Gasteiger charge is 2.32. The van der Waals surface area contributed by atoms with Gasteiger partial charge in [0.25, 0.3) is 5.91 Å². The van der Waals surface area contributed by atoms with Crippen molar-refractivity contribution in [3.8, 4) is 0 Å². The number of benzene rings is 2. The first-order valence-electron chi connectivity index (χ1n) is 9.03. The van der Waals surface area contributed by atoms with Gasteiger partial charge in [-0.3, -0.25) is 13.9 Å². The lowest BCUT2D eigenvalue weighted by molar-refractivity contribution is -0.115. The second-order valence-electron chi connectivity index (χ2n) is 7.15. The van der Waals surface area contributed by atoms with Crippen molar-refractivity contribution in [2.45, 2.75) is 26.3 Å². The molecule has 2 N–H and O–H groups in total. The predicted octanol–water partition coefficient (Wildman–Crippen LogP) is 2.84. The van der Waals surface area contributed by atoms with Crippen molar-refractivity contribution in [1.29, 1.82) is 0 Å². The molecule has 0 radical (unpaired) electrons. The van der Waals surface area contributed by atoms with Crippen LogP contribution < -0.4 is 14.9 Å². The number of carbonyl (C=O) groups is 2. The smallest absolute Gasteiger partial charge is 0.251 e. The Morgan fingerprint density at radius 3 is 2.59 bits per heavy atom. The zero-order valence-corrected chi connectivity index (χ0v) is 18.7. The zero-order chi connectivity index (χ0) is 21.3. The van der Waals surface area contributed by atoms with Crippen LogP contribution in [-0.2, 0) is 21.2 Å². The van der Waals surface area contributed by atoms with E-state index in [4.69, 9.17) is 0 Å². The van der Waals surface area contributed by atoms with Crippen molar-refractivity contribution in [1.82, 2.24) is 5.32 Å². The van der Waals surface area contributed by atoms with Gasteiger partial charge in [-0.1, -0.05) is 15.9 Å². The molecule has 0 aromatic heterocycles. The molecule has 1 aliphatic rings. The third-order valence-electron chi connectivity index (χ3n) is 4.72. The highest BCUT2D eigenvalue weighted by atomic mass is 79.9. The number of amides is 2. The van der Waals surface area contributed by atoms with Crippen LogP contribution in [0.25, 0.3) is 0 Å². The van der Waals surface area contributed by atoms with Crippen molar-refractivity contribution >= 4 is 49.1 Å². The standard InChI is InChI=1S/C20H22BrN3O4S/c1-12-8-16(21)5-6-17(12)23-19(25)11-22-20(26)14-4-7-18-15(10-14)9-13(2)24(18)29(3,27)28/h4-8,10,13H,9,11H2,1-3H3,(H,22,26)(H,23,25)/t13-/m0/s1. The van der Waals surface area contributed by atoms with Gasteiger partial charge in [-0.05, 0) is 67.8 Å². The summed E-state index contributed by atoms with van der Waals surface area (Å²) < 4.78 is 26.3. The molecule has 0 saturated heterocycles. The van der Waals surface area contributed by atoms with Gasteiger partial charge in [0.05, 0.1) is 18.5 Å². The second kappa shape index (κ2) is 8.16. The molecule has 2 aromatic rings. The topological polar surface area (TPSA) is 95.6 Å². The Morgan fingerprint density at radius 2 is 1.93 bits per heavy atom. The van der Waals surface area contributed by atoms with Crippen LogP contribution in [0.5, 0.6) is 0 Å². The number of nitrogens with one attached hydrogen (secondary N) is 2. The van der Waals surface area contributed by atoms with Crippen LogP contribution in [0.4, 0.5) is 11.4 Å². The normalized spacial score (nSPS) is 15.7. The molecule has 2 aromatic carbocycles. The SMILES string of the molecule is Cc1cc(Br)ccc1NC(=O)CNC(=O)c1ccc2c(c1)C[C@H](C)N2S(C)(=O)=O. The molecule has 0 saturated carbocycles. The molecule has 0 unspecified atom stereocenters. The maximum Gasteiger partial charge on any atom is 0.251 e. The largest absolute Gasteiger partial charge is 0.343 e. The van der Waals surface area contributed by atoms with Crippen molar-refractivity contribution in [3.05, 3.63) is 57.6 Å². The molecular weight excluding hydrogens is 458 g/mol. The van der Waals surface area contributed by atoms with Crippen LogP contribution in [0.3, 0.4) is 0 Å². The number of halogens is 1. The summed E-state index contributed by atoms with van der Waals surface area (Å²) in [6, 6.07) is 10.2. The Morgan fingerprint density at radius 1 is 1.21 bits per heavy atom. The molecule has 154 valence electrons. The minimum atomic E-state index is -3.38. The van der Waals surface area contributed by atoms with Crippen LogP contribution in [0.15, 0.2) is 40.9 Å². The number of fused-ring (bicyclic) bond motifs is 1. The van der Waals surface area contributed by atoms with Crippen molar-refractivity contribution in [2.75, 3.05) is 22.4 Å². The van der Waals surface area contributed by atoms with Crippen LogP contribution in [0.2, 0.25) is 0 Å². The fourth-order valence-electron chi connectivity index (χ4n) is 3.47. The van der Waals surface area contributed by atoms with Crippen LogP contribution in [0.1, 0.15) is 28.4 Å². The lowest BCUT2D eigenvalue weighted by Gasteiger charge is -2.21. The summed E-state index contributed by atoms with van der Waals surface area (Å²) >= 11 is 3.37. The van der Waals surface area contributed by atoms with Crippen LogP contribution in [0, 0.1) is 6.92 Å². The van der Waals surface area contributed by atoms with E-state index >= 15 is 0 Å². The number of rotatable bonds is 5. The molecule has 1 heterocycles. The van der Waals surface area contributed by atoms with Gasteiger partial charge in [-0.15, -0.1) is 0 Å². The van der Waals surface area contributed by atoms with Gasteiger partial charge in [-0.25, -0.2) is 8.42 Å². The maximum absolute atomic E-state index is 12.4. The van der Waals surface area contributed by atoms with E-state index in [2.05, 4.69) is 26.6 Å². The van der Waals surface area contributed by atoms with E-state index in [0.717, 1.165) is 15.6 Å². The number of carbonyl (C=O) groups excluding carboxylic acids is 2. The third kappa shape index (κ3) is 4.79. The van der Waals surface area contributed by atoms with Crippen molar-refractivity contribution < 1.29 is 18.0 Å². The first-order valence-corrected chi connectivity index (χ1v) is 11.7. The van der Waals surface area contributed by atoms with Gasteiger partial charge in [0.15, 0.2) is 0 Å². The first-order chi connectivity index (χ1) is 13.6. The summed E-state index contributed by atoms with van der Waals surface area (Å²) in [6.45, 7) is 3.54. The molecule has 0 aliphatic carbocycles. The molecule has 2 amide bonds. The van der Waals surface area contributed by atoms with Gasteiger partial charge < -0.3 is 10.6 Å². The molecule has 0 fully saturated rings. The summed E-state index contributed by atoms with van der Waals surface area (Å²) in [5, 5.41) is 5.37. The fourth-order valence-corrected chi connectivity index (χ4v) is 5.21. The molecule has 1 aliphatic heterocycles. The predicted molar refractivity (Wildman–Crippen MR) is 117 cm³/mol. The van der Waals surface area contributed by atoms with E-state index in [-0.39, 0.29) is 24.4 Å². The maximum atomic E-state index is 12.4. The van der Waals surface area contributed by atoms with Crippen LogP contribution >= 0.6 is 15.9 Å². The monoisotopic (exact) mass is 479 g/mol. The minimum Gasteiger partial charge on any atom is -0.343 e. The van der Waals surface area contributed by atoms with E-state index in [1.54, 1.807) is 24.3 Å². The number of hydrogen-bond donors (Lipinski definition) is 2. The Bertz CT molecular complexity index is 1090. The molecule has 29 heavy (non-hydrogen) atoms. The highest BCUT2D eigenvalue weighted by Crippen LogP contribution is 2.34. The van der Waals surface area contributed by atoms with Gasteiger partial charge in [0, 0.05) is 21.8 Å². The van der Waals surface area contributed by atoms with E-state index < -0.39 is 10.0 Å². The summed E-state index contributed by atoms with van der Waals surface area (Å²) in [4.78, 5) is 24.6. The molecule has 0 spiro atoms. The summed E-state index contributed by atoms with van der Waals surface area (Å²) in [5.74, 6) is -0.720. The molecule has 1 atom stereocenters. The Balaban J connectivity index is 1.65. The third-order valence-corrected chi connectivity index (χ3v) is 6.49. The molecule has 0 bridgehead atoms. The van der Waals surface area contributed by atoms with Crippen LogP contribution in [-0.4, -0.2) is 39.1 Å². The number of anilines is 2. The fraction of sp³-hybridized carbons (Fsp3) is 0.300. The Labute approximate surface area is 178 Å². The number of nitrogens with zero attached hydrogens (tertiary/aromatic N) is 1. The lowest BCUT2D eigenvalue weighted by atomic mass is 10.1. The van der Waals surface area contributed by atoms with Gasteiger partial charge >= 0.3 is 0 Å². The number of hydrogen-bond acceptors (Lipinski definition) is 4. The molecule has 9 heteroatoms. The summed E-state index contributed by atoms with van der Waals surface area (Å²) in [5.41, 5.74) is 3.37. The van der Waals surface area contributed by atoms with Crippen molar-refractivity contribution in [3.63, 3.8) is 0 Å².